The van der Waals surface area contributed by atoms with Crippen molar-refractivity contribution in [1.29, 1.82) is 0 Å². The van der Waals surface area contributed by atoms with Gasteiger partial charge in [-0.1, -0.05) is 5.92 Å². The highest BCUT2D eigenvalue weighted by atomic mass is 16.4. The standard InChI is InChI=1S/C18H24N2O3/c1-18(2,22)10-8-15-6-7-16(23-15)17(21)20-13-4-5-14(20)12-19(3)11-9-13/h6-7,13-14,22H,4-5,9,11-12H2,1-3H3/t13-,14+/m1/s1. The highest BCUT2D eigenvalue weighted by Gasteiger charge is 2.40. The van der Waals surface area contributed by atoms with Gasteiger partial charge in [-0.25, -0.2) is 0 Å². The minimum Gasteiger partial charge on any atom is -0.443 e. The molecule has 1 N–H and O–H groups in total. The summed E-state index contributed by atoms with van der Waals surface area (Å²) in [4.78, 5) is 17.2. The monoisotopic (exact) mass is 316 g/mol. The summed E-state index contributed by atoms with van der Waals surface area (Å²) in [6, 6.07) is 3.97. The lowest BCUT2D eigenvalue weighted by molar-refractivity contribution is 0.0640. The van der Waals surface area contributed by atoms with E-state index in [0.717, 1.165) is 32.4 Å². The van der Waals surface area contributed by atoms with Crippen molar-refractivity contribution in [2.24, 2.45) is 0 Å². The number of furan rings is 1. The van der Waals surface area contributed by atoms with Gasteiger partial charge in [0.25, 0.3) is 5.91 Å². The van der Waals surface area contributed by atoms with Crippen LogP contribution in [0.2, 0.25) is 0 Å². The molecule has 1 amide bonds. The molecule has 0 aromatic carbocycles. The number of aliphatic hydroxyl groups is 1. The maximum atomic E-state index is 12.9. The molecule has 2 atom stereocenters. The summed E-state index contributed by atoms with van der Waals surface area (Å²) in [5.41, 5.74) is -1.08. The first-order valence-electron chi connectivity index (χ1n) is 8.20. The fourth-order valence-corrected chi connectivity index (χ4v) is 3.44. The van der Waals surface area contributed by atoms with E-state index < -0.39 is 5.60 Å². The van der Waals surface area contributed by atoms with Crippen LogP contribution >= 0.6 is 0 Å². The van der Waals surface area contributed by atoms with Gasteiger partial charge < -0.3 is 19.3 Å². The molecular weight excluding hydrogens is 292 g/mol. The summed E-state index contributed by atoms with van der Waals surface area (Å²) in [6.45, 7) is 5.18. The van der Waals surface area contributed by atoms with Gasteiger partial charge in [0.05, 0.1) is 0 Å². The highest BCUT2D eigenvalue weighted by molar-refractivity contribution is 5.92. The zero-order valence-corrected chi connectivity index (χ0v) is 14.0. The second-order valence-corrected chi connectivity index (χ2v) is 7.12. The number of hydrogen-bond donors (Lipinski definition) is 1. The van der Waals surface area contributed by atoms with Gasteiger partial charge in [0, 0.05) is 18.6 Å². The summed E-state index contributed by atoms with van der Waals surface area (Å²) in [6.07, 6.45) is 3.16. The Balaban J connectivity index is 1.78. The Morgan fingerprint density at radius 2 is 2.04 bits per heavy atom. The molecule has 1 aromatic rings. The second-order valence-electron chi connectivity index (χ2n) is 7.12. The summed E-state index contributed by atoms with van der Waals surface area (Å²) in [5, 5.41) is 9.64. The number of carbonyl (C=O) groups is 1. The number of fused-ring (bicyclic) bond motifs is 2. The third-order valence-corrected chi connectivity index (χ3v) is 4.53. The average molecular weight is 316 g/mol. The Kier molecular flexibility index (Phi) is 4.22. The predicted octanol–water partition coefficient (Wildman–Crippen LogP) is 1.71. The number of nitrogens with zero attached hydrogens (tertiary/aromatic N) is 2. The van der Waals surface area contributed by atoms with Gasteiger partial charge in [-0.3, -0.25) is 4.79 Å². The third kappa shape index (κ3) is 3.60. The predicted molar refractivity (Wildman–Crippen MR) is 87.0 cm³/mol. The topological polar surface area (TPSA) is 56.9 Å². The summed E-state index contributed by atoms with van der Waals surface area (Å²) in [7, 11) is 2.11. The largest absolute Gasteiger partial charge is 0.443 e. The number of likely N-dealkylation sites (tertiary alicyclic amines) is 1. The van der Waals surface area contributed by atoms with Gasteiger partial charge in [0.1, 0.15) is 5.60 Å². The smallest absolute Gasteiger partial charge is 0.290 e. The van der Waals surface area contributed by atoms with Crippen molar-refractivity contribution in [3.05, 3.63) is 23.7 Å². The molecule has 0 saturated carbocycles. The number of rotatable bonds is 1. The lowest BCUT2D eigenvalue weighted by atomic mass is 10.1. The molecule has 0 spiro atoms. The van der Waals surface area contributed by atoms with Crippen LogP contribution in [0.15, 0.2) is 16.5 Å². The minimum absolute atomic E-state index is 0.0379. The minimum atomic E-state index is -1.08. The molecule has 3 rings (SSSR count). The van der Waals surface area contributed by atoms with Gasteiger partial charge in [0.2, 0.25) is 0 Å². The van der Waals surface area contributed by atoms with E-state index in [1.54, 1.807) is 26.0 Å². The second kappa shape index (κ2) is 6.03. The van der Waals surface area contributed by atoms with E-state index in [1.807, 2.05) is 4.90 Å². The maximum absolute atomic E-state index is 12.9. The summed E-state index contributed by atoms with van der Waals surface area (Å²) < 4.78 is 5.60. The highest BCUT2D eigenvalue weighted by Crippen LogP contribution is 2.31. The van der Waals surface area contributed by atoms with Gasteiger partial charge >= 0.3 is 0 Å². The van der Waals surface area contributed by atoms with Crippen LogP contribution in [0.1, 0.15) is 49.4 Å². The van der Waals surface area contributed by atoms with E-state index >= 15 is 0 Å². The number of hydrogen-bond acceptors (Lipinski definition) is 4. The molecule has 2 aliphatic rings. The first-order valence-corrected chi connectivity index (χ1v) is 8.20. The first kappa shape index (κ1) is 16.1. The van der Waals surface area contributed by atoms with Crippen LogP contribution in [-0.2, 0) is 0 Å². The Morgan fingerprint density at radius 3 is 2.78 bits per heavy atom. The molecule has 2 fully saturated rings. The fraction of sp³-hybridized carbons (Fsp3) is 0.611. The van der Waals surface area contributed by atoms with Crippen molar-refractivity contribution in [2.45, 2.75) is 50.8 Å². The molecule has 5 nitrogen and oxygen atoms in total. The van der Waals surface area contributed by atoms with Gasteiger partial charge in [-0.15, -0.1) is 0 Å². The fourth-order valence-electron chi connectivity index (χ4n) is 3.44. The quantitative estimate of drug-likeness (QED) is 0.802. The van der Waals surface area contributed by atoms with Crippen LogP contribution < -0.4 is 0 Å². The van der Waals surface area contributed by atoms with Crippen molar-refractivity contribution in [3.63, 3.8) is 0 Å². The molecule has 5 heteroatoms. The van der Waals surface area contributed by atoms with E-state index in [9.17, 15) is 9.90 Å². The molecule has 1 aromatic heterocycles. The van der Waals surface area contributed by atoms with Crippen molar-refractivity contribution in [3.8, 4) is 11.8 Å². The SMILES string of the molecule is CN1CC[C@H]2CC[C@@H](C1)N2C(=O)c1ccc(C#CC(C)(C)O)o1. The maximum Gasteiger partial charge on any atom is 0.290 e. The van der Waals surface area contributed by atoms with E-state index in [2.05, 4.69) is 23.8 Å². The molecular formula is C18H24N2O3. The van der Waals surface area contributed by atoms with Crippen LogP contribution in [0.4, 0.5) is 0 Å². The molecule has 2 aliphatic heterocycles. The van der Waals surface area contributed by atoms with E-state index in [4.69, 9.17) is 4.42 Å². The van der Waals surface area contributed by atoms with Crippen LogP contribution in [0.5, 0.6) is 0 Å². The summed E-state index contributed by atoms with van der Waals surface area (Å²) >= 11 is 0. The molecule has 0 unspecified atom stereocenters. The third-order valence-electron chi connectivity index (χ3n) is 4.53. The Hall–Kier alpha value is -1.77. The molecule has 2 saturated heterocycles. The zero-order chi connectivity index (χ0) is 16.6. The molecule has 0 aliphatic carbocycles. The van der Waals surface area contributed by atoms with Gasteiger partial charge in [-0.05, 0) is 64.8 Å². The van der Waals surface area contributed by atoms with Crippen LogP contribution in [0.25, 0.3) is 0 Å². The Bertz CT molecular complexity index is 647. The molecule has 23 heavy (non-hydrogen) atoms. The Morgan fingerprint density at radius 1 is 1.30 bits per heavy atom. The number of amides is 1. The number of likely N-dealkylation sites (N-methyl/N-ethyl adjacent to an activating group) is 1. The first-order chi connectivity index (χ1) is 10.8. The molecule has 2 bridgehead atoms. The molecule has 3 heterocycles. The number of carbonyl (C=O) groups excluding carboxylic acids is 1. The lowest BCUT2D eigenvalue weighted by Gasteiger charge is -2.27. The van der Waals surface area contributed by atoms with Crippen molar-refractivity contribution >= 4 is 5.91 Å². The molecule has 0 radical (unpaired) electrons. The average Bonchev–Trinajstić information content (AvgIpc) is 3.03. The molecule has 124 valence electrons. The van der Waals surface area contributed by atoms with Crippen LogP contribution in [-0.4, -0.2) is 58.6 Å². The van der Waals surface area contributed by atoms with E-state index in [1.165, 1.54) is 0 Å². The van der Waals surface area contributed by atoms with Crippen LogP contribution in [0.3, 0.4) is 0 Å². The van der Waals surface area contributed by atoms with Gasteiger partial charge in [-0.2, -0.15) is 0 Å². The van der Waals surface area contributed by atoms with Gasteiger partial charge in [0.15, 0.2) is 11.5 Å². The normalized spacial score (nSPS) is 25.0. The Labute approximate surface area is 137 Å². The van der Waals surface area contributed by atoms with Crippen molar-refractivity contribution in [2.75, 3.05) is 20.1 Å². The van der Waals surface area contributed by atoms with E-state index in [-0.39, 0.29) is 11.9 Å². The van der Waals surface area contributed by atoms with Crippen LogP contribution in [0, 0.1) is 11.8 Å². The van der Waals surface area contributed by atoms with Crippen molar-refractivity contribution in [1.82, 2.24) is 9.80 Å². The summed E-state index contributed by atoms with van der Waals surface area (Å²) in [5.74, 6) is 6.18. The lowest BCUT2D eigenvalue weighted by Crippen LogP contribution is -2.42. The van der Waals surface area contributed by atoms with Crippen molar-refractivity contribution < 1.29 is 14.3 Å². The van der Waals surface area contributed by atoms with E-state index in [0.29, 0.717) is 17.6 Å². The zero-order valence-electron chi connectivity index (χ0n) is 14.0.